The van der Waals surface area contributed by atoms with Gasteiger partial charge in [0.05, 0.1) is 7.11 Å². The average Bonchev–Trinajstić information content (AvgIpc) is 2.15. The highest BCUT2D eigenvalue weighted by molar-refractivity contribution is 9.10. The van der Waals surface area contributed by atoms with E-state index in [1.54, 1.807) is 7.11 Å². The minimum atomic E-state index is 0.218. The van der Waals surface area contributed by atoms with E-state index in [4.69, 9.17) is 9.84 Å². The minimum Gasteiger partial charge on any atom is -0.496 e. The Balaban J connectivity index is 2.81. The maximum Gasteiger partial charge on any atom is 0.122 e. The van der Waals surface area contributed by atoms with Gasteiger partial charge < -0.3 is 9.84 Å². The zero-order valence-electron chi connectivity index (χ0n) is 7.59. The van der Waals surface area contributed by atoms with E-state index < -0.39 is 0 Å². The molecule has 13 heavy (non-hydrogen) atoms. The van der Waals surface area contributed by atoms with Crippen LogP contribution < -0.4 is 4.74 Å². The van der Waals surface area contributed by atoms with E-state index in [1.165, 1.54) is 0 Å². The van der Waals surface area contributed by atoms with Crippen molar-refractivity contribution >= 4 is 15.9 Å². The molecule has 1 N–H and O–H groups in total. The van der Waals surface area contributed by atoms with Gasteiger partial charge in [-0.3, -0.25) is 0 Å². The number of aliphatic hydroxyl groups excluding tert-OH is 1. The summed E-state index contributed by atoms with van der Waals surface area (Å²) in [6, 6.07) is 5.90. The van der Waals surface area contributed by atoms with Crippen LogP contribution in [0.1, 0.15) is 12.0 Å². The summed E-state index contributed by atoms with van der Waals surface area (Å²) in [4.78, 5) is 0. The molecule has 0 saturated carbocycles. The molecule has 72 valence electrons. The molecule has 1 aromatic carbocycles. The normalized spacial score (nSPS) is 10.1. The number of halogens is 1. The fourth-order valence-corrected chi connectivity index (χ4v) is 1.62. The number of methoxy groups -OCH3 is 1. The third kappa shape index (κ3) is 3.01. The summed E-state index contributed by atoms with van der Waals surface area (Å²) < 4.78 is 6.24. The first-order valence-electron chi connectivity index (χ1n) is 4.21. The SMILES string of the molecule is COc1ccc(Br)cc1CCCO. The Morgan fingerprint density at radius 2 is 2.23 bits per heavy atom. The van der Waals surface area contributed by atoms with E-state index in [1.807, 2.05) is 18.2 Å². The van der Waals surface area contributed by atoms with Crippen molar-refractivity contribution in [2.75, 3.05) is 13.7 Å². The van der Waals surface area contributed by atoms with E-state index in [9.17, 15) is 0 Å². The molecule has 0 radical (unpaired) electrons. The summed E-state index contributed by atoms with van der Waals surface area (Å²) in [5.74, 6) is 0.886. The highest BCUT2D eigenvalue weighted by Crippen LogP contribution is 2.23. The second kappa shape index (κ2) is 5.25. The zero-order chi connectivity index (χ0) is 9.68. The van der Waals surface area contributed by atoms with Crippen molar-refractivity contribution in [3.63, 3.8) is 0 Å². The summed E-state index contributed by atoms with van der Waals surface area (Å²) in [5.41, 5.74) is 1.13. The third-order valence-corrected chi connectivity index (χ3v) is 2.34. The lowest BCUT2D eigenvalue weighted by atomic mass is 10.1. The monoisotopic (exact) mass is 244 g/mol. The van der Waals surface area contributed by atoms with Crippen molar-refractivity contribution in [2.24, 2.45) is 0 Å². The molecule has 2 nitrogen and oxygen atoms in total. The molecule has 0 bridgehead atoms. The van der Waals surface area contributed by atoms with Gasteiger partial charge in [-0.25, -0.2) is 0 Å². The number of benzene rings is 1. The molecule has 0 unspecified atom stereocenters. The van der Waals surface area contributed by atoms with E-state index >= 15 is 0 Å². The zero-order valence-corrected chi connectivity index (χ0v) is 9.17. The van der Waals surface area contributed by atoms with Crippen LogP contribution in [0, 0.1) is 0 Å². The second-order valence-electron chi connectivity index (χ2n) is 2.78. The molecule has 0 atom stereocenters. The van der Waals surface area contributed by atoms with E-state index in [0.29, 0.717) is 0 Å². The van der Waals surface area contributed by atoms with Crippen LogP contribution in [0.2, 0.25) is 0 Å². The Hall–Kier alpha value is -0.540. The van der Waals surface area contributed by atoms with Gasteiger partial charge in [0, 0.05) is 11.1 Å². The van der Waals surface area contributed by atoms with Gasteiger partial charge in [-0.1, -0.05) is 15.9 Å². The van der Waals surface area contributed by atoms with E-state index in [0.717, 1.165) is 28.6 Å². The Labute approximate surface area is 86.7 Å². The first kappa shape index (κ1) is 10.5. The van der Waals surface area contributed by atoms with Crippen molar-refractivity contribution in [1.29, 1.82) is 0 Å². The molecule has 0 spiro atoms. The Kier molecular flexibility index (Phi) is 4.25. The number of ether oxygens (including phenoxy) is 1. The molecule has 0 amide bonds. The summed E-state index contributed by atoms with van der Waals surface area (Å²) in [6.07, 6.45) is 1.62. The fraction of sp³-hybridized carbons (Fsp3) is 0.400. The number of rotatable bonds is 4. The maximum atomic E-state index is 8.71. The lowest BCUT2D eigenvalue weighted by Gasteiger charge is -2.07. The van der Waals surface area contributed by atoms with Gasteiger partial charge in [0.2, 0.25) is 0 Å². The molecule has 0 heterocycles. The summed E-state index contributed by atoms with van der Waals surface area (Å²) in [6.45, 7) is 0.218. The second-order valence-corrected chi connectivity index (χ2v) is 3.70. The van der Waals surface area contributed by atoms with Gasteiger partial charge in [-0.05, 0) is 36.6 Å². The van der Waals surface area contributed by atoms with Crippen molar-refractivity contribution in [3.05, 3.63) is 28.2 Å². The lowest BCUT2D eigenvalue weighted by molar-refractivity contribution is 0.287. The summed E-state index contributed by atoms with van der Waals surface area (Å²) in [5, 5.41) is 8.71. The van der Waals surface area contributed by atoms with Gasteiger partial charge in [-0.2, -0.15) is 0 Å². The highest BCUT2D eigenvalue weighted by atomic mass is 79.9. The van der Waals surface area contributed by atoms with Crippen LogP contribution >= 0.6 is 15.9 Å². The first-order valence-corrected chi connectivity index (χ1v) is 5.00. The van der Waals surface area contributed by atoms with Crippen LogP contribution in [0.5, 0.6) is 5.75 Å². The number of aryl methyl sites for hydroxylation is 1. The third-order valence-electron chi connectivity index (χ3n) is 1.85. The van der Waals surface area contributed by atoms with Crippen LogP contribution in [-0.2, 0) is 6.42 Å². The van der Waals surface area contributed by atoms with Crippen LogP contribution in [0.4, 0.5) is 0 Å². The van der Waals surface area contributed by atoms with Gasteiger partial charge >= 0.3 is 0 Å². The fourth-order valence-electron chi connectivity index (χ4n) is 1.21. The van der Waals surface area contributed by atoms with Crippen LogP contribution in [0.3, 0.4) is 0 Å². The quantitative estimate of drug-likeness (QED) is 0.882. The maximum absolute atomic E-state index is 8.71. The average molecular weight is 245 g/mol. The molecule has 0 aliphatic carbocycles. The molecule has 0 saturated heterocycles. The molecule has 0 aromatic heterocycles. The van der Waals surface area contributed by atoms with Crippen molar-refractivity contribution in [2.45, 2.75) is 12.8 Å². The van der Waals surface area contributed by atoms with Gasteiger partial charge in [0.1, 0.15) is 5.75 Å². The molecule has 0 aliphatic rings. The van der Waals surface area contributed by atoms with Crippen LogP contribution in [0.25, 0.3) is 0 Å². The van der Waals surface area contributed by atoms with Gasteiger partial charge in [0.25, 0.3) is 0 Å². The van der Waals surface area contributed by atoms with Crippen LogP contribution in [-0.4, -0.2) is 18.8 Å². The minimum absolute atomic E-state index is 0.218. The highest BCUT2D eigenvalue weighted by Gasteiger charge is 2.02. The lowest BCUT2D eigenvalue weighted by Crippen LogP contribution is -1.94. The number of aliphatic hydroxyl groups is 1. The largest absolute Gasteiger partial charge is 0.496 e. The molecular weight excluding hydrogens is 232 g/mol. The molecule has 1 rings (SSSR count). The topological polar surface area (TPSA) is 29.5 Å². The predicted molar refractivity (Wildman–Crippen MR) is 56.1 cm³/mol. The molecule has 0 aliphatic heterocycles. The van der Waals surface area contributed by atoms with Gasteiger partial charge in [-0.15, -0.1) is 0 Å². The van der Waals surface area contributed by atoms with E-state index in [-0.39, 0.29) is 6.61 Å². The summed E-state index contributed by atoms with van der Waals surface area (Å²) in [7, 11) is 1.66. The Morgan fingerprint density at radius 1 is 1.46 bits per heavy atom. The summed E-state index contributed by atoms with van der Waals surface area (Å²) >= 11 is 3.40. The van der Waals surface area contributed by atoms with Crippen LogP contribution in [0.15, 0.2) is 22.7 Å². The molecule has 3 heteroatoms. The number of hydrogen-bond acceptors (Lipinski definition) is 2. The standard InChI is InChI=1S/C10H13BrO2/c1-13-10-5-4-9(11)7-8(10)3-2-6-12/h4-5,7,12H,2-3,6H2,1H3. The smallest absolute Gasteiger partial charge is 0.122 e. The van der Waals surface area contributed by atoms with E-state index in [2.05, 4.69) is 15.9 Å². The predicted octanol–water partition coefficient (Wildman–Crippen LogP) is 2.38. The van der Waals surface area contributed by atoms with Crippen molar-refractivity contribution in [3.8, 4) is 5.75 Å². The molecular formula is C10H13BrO2. The van der Waals surface area contributed by atoms with Gasteiger partial charge in [0.15, 0.2) is 0 Å². The Bertz CT molecular complexity index is 274. The van der Waals surface area contributed by atoms with Crippen molar-refractivity contribution in [1.82, 2.24) is 0 Å². The first-order chi connectivity index (χ1) is 6.27. The van der Waals surface area contributed by atoms with Crippen molar-refractivity contribution < 1.29 is 9.84 Å². The molecule has 0 fully saturated rings. The molecule has 1 aromatic rings. The number of hydrogen-bond donors (Lipinski definition) is 1. The Morgan fingerprint density at radius 3 is 2.85 bits per heavy atom.